The fraction of sp³-hybridized carbons (Fsp3) is 0.429. The van der Waals surface area contributed by atoms with Crippen LogP contribution >= 0.6 is 0 Å². The van der Waals surface area contributed by atoms with Gasteiger partial charge in [0.2, 0.25) is 5.91 Å². The number of hydrogen-bond donors (Lipinski definition) is 1. The maximum Gasteiger partial charge on any atom is 0.228 e. The monoisotopic (exact) mass is 229 g/mol. The molecule has 3 nitrogen and oxygen atoms in total. The number of carbonyl (C=O) groups excluding carboxylic acids is 2. The van der Waals surface area contributed by atoms with Gasteiger partial charge in [-0.2, -0.15) is 0 Å². The normalized spacial score (nSPS) is 19.7. The van der Waals surface area contributed by atoms with Crippen molar-refractivity contribution in [3.63, 3.8) is 0 Å². The highest BCUT2D eigenvalue weighted by atomic mass is 16.1. The van der Waals surface area contributed by atoms with Crippen LogP contribution in [-0.2, 0) is 11.2 Å². The molecule has 1 amide bonds. The zero-order valence-electron chi connectivity index (χ0n) is 9.82. The van der Waals surface area contributed by atoms with E-state index in [4.69, 9.17) is 0 Å². The maximum atomic E-state index is 12.2. The third kappa shape index (κ3) is 1.86. The third-order valence-electron chi connectivity index (χ3n) is 3.76. The first-order valence-corrected chi connectivity index (χ1v) is 6.12. The van der Waals surface area contributed by atoms with Crippen LogP contribution in [0.1, 0.15) is 35.7 Å². The van der Waals surface area contributed by atoms with Crippen molar-refractivity contribution in [1.82, 2.24) is 0 Å². The van der Waals surface area contributed by atoms with Gasteiger partial charge in [0.05, 0.1) is 6.42 Å². The fourth-order valence-corrected chi connectivity index (χ4v) is 2.46. The Bertz CT molecular complexity index is 503. The molecule has 0 radical (unpaired) electrons. The molecule has 1 aliphatic carbocycles. The van der Waals surface area contributed by atoms with Crippen LogP contribution in [0, 0.1) is 11.8 Å². The number of nitrogens with one attached hydrogen (secondary N) is 1. The van der Waals surface area contributed by atoms with E-state index in [1.165, 1.54) is 12.8 Å². The molecule has 3 heteroatoms. The molecule has 3 rings (SSSR count). The summed E-state index contributed by atoms with van der Waals surface area (Å²) < 4.78 is 0. The second-order valence-corrected chi connectivity index (χ2v) is 5.09. The van der Waals surface area contributed by atoms with E-state index < -0.39 is 0 Å². The summed E-state index contributed by atoms with van der Waals surface area (Å²) in [5.41, 5.74) is 2.55. The predicted molar refractivity (Wildman–Crippen MR) is 65.0 cm³/mol. The van der Waals surface area contributed by atoms with Crippen LogP contribution in [0.2, 0.25) is 0 Å². The van der Waals surface area contributed by atoms with Gasteiger partial charge < -0.3 is 5.32 Å². The Kier molecular flexibility index (Phi) is 2.28. The minimum atomic E-state index is 0.0137. The van der Waals surface area contributed by atoms with E-state index in [0.29, 0.717) is 12.3 Å². The molecule has 1 aliphatic heterocycles. The molecular weight excluding hydrogens is 214 g/mol. The summed E-state index contributed by atoms with van der Waals surface area (Å²) in [5, 5.41) is 2.78. The van der Waals surface area contributed by atoms with Crippen molar-refractivity contribution in [1.29, 1.82) is 0 Å². The highest BCUT2D eigenvalue weighted by Gasteiger charge is 2.33. The summed E-state index contributed by atoms with van der Waals surface area (Å²) in [6, 6.07) is 5.53. The molecule has 0 spiro atoms. The van der Waals surface area contributed by atoms with Crippen LogP contribution < -0.4 is 5.32 Å². The smallest absolute Gasteiger partial charge is 0.228 e. The van der Waals surface area contributed by atoms with Crippen LogP contribution in [-0.4, -0.2) is 11.7 Å². The highest BCUT2D eigenvalue weighted by molar-refractivity contribution is 6.02. The quantitative estimate of drug-likeness (QED) is 0.809. The molecule has 0 bridgehead atoms. The van der Waals surface area contributed by atoms with Crippen molar-refractivity contribution >= 4 is 17.4 Å². The van der Waals surface area contributed by atoms with Gasteiger partial charge in [0.25, 0.3) is 0 Å². The van der Waals surface area contributed by atoms with Gasteiger partial charge >= 0.3 is 0 Å². The maximum absolute atomic E-state index is 12.2. The van der Waals surface area contributed by atoms with E-state index in [0.717, 1.165) is 16.8 Å². The summed E-state index contributed by atoms with van der Waals surface area (Å²) in [6.07, 6.45) is 2.75. The van der Waals surface area contributed by atoms with Gasteiger partial charge in [-0.05, 0) is 42.5 Å². The molecule has 2 aliphatic rings. The lowest BCUT2D eigenvalue weighted by Gasteiger charge is -2.09. The molecule has 1 aromatic rings. The van der Waals surface area contributed by atoms with E-state index in [2.05, 4.69) is 5.32 Å². The predicted octanol–water partition coefficient (Wildman–Crippen LogP) is 2.41. The molecule has 0 saturated heterocycles. The van der Waals surface area contributed by atoms with E-state index in [9.17, 15) is 9.59 Å². The van der Waals surface area contributed by atoms with Gasteiger partial charge in [0, 0.05) is 17.2 Å². The van der Waals surface area contributed by atoms with Crippen LogP contribution in [0.4, 0.5) is 5.69 Å². The minimum Gasteiger partial charge on any atom is -0.326 e. The number of amides is 1. The second-order valence-electron chi connectivity index (χ2n) is 5.09. The van der Waals surface area contributed by atoms with E-state index in [-0.39, 0.29) is 17.6 Å². The van der Waals surface area contributed by atoms with Gasteiger partial charge in [-0.3, -0.25) is 9.59 Å². The Balaban J connectivity index is 1.87. The Labute approximate surface area is 100 Å². The zero-order chi connectivity index (χ0) is 12.0. The molecule has 1 aromatic carbocycles. The Morgan fingerprint density at radius 2 is 2.18 bits per heavy atom. The molecule has 1 heterocycles. The van der Waals surface area contributed by atoms with Gasteiger partial charge in [0.1, 0.15) is 0 Å². The number of carbonyl (C=O) groups is 2. The van der Waals surface area contributed by atoms with Gasteiger partial charge in [-0.15, -0.1) is 0 Å². The lowest BCUT2D eigenvalue weighted by atomic mass is 9.94. The van der Waals surface area contributed by atoms with Crippen molar-refractivity contribution in [3.8, 4) is 0 Å². The Hall–Kier alpha value is -1.64. The van der Waals surface area contributed by atoms with Crippen LogP contribution in [0.3, 0.4) is 0 Å². The molecule has 1 N–H and O–H groups in total. The largest absolute Gasteiger partial charge is 0.326 e. The van der Waals surface area contributed by atoms with Gasteiger partial charge in [0.15, 0.2) is 5.78 Å². The summed E-state index contributed by atoms with van der Waals surface area (Å²) in [5.74, 6) is 0.933. The lowest BCUT2D eigenvalue weighted by Crippen LogP contribution is -2.13. The molecule has 88 valence electrons. The topological polar surface area (TPSA) is 46.2 Å². The molecule has 0 aromatic heterocycles. The second kappa shape index (κ2) is 3.69. The first-order valence-electron chi connectivity index (χ1n) is 6.12. The Morgan fingerprint density at radius 1 is 1.41 bits per heavy atom. The van der Waals surface area contributed by atoms with Crippen molar-refractivity contribution in [2.45, 2.75) is 26.2 Å². The van der Waals surface area contributed by atoms with E-state index >= 15 is 0 Å². The first-order chi connectivity index (χ1) is 8.15. The van der Waals surface area contributed by atoms with Crippen molar-refractivity contribution < 1.29 is 9.59 Å². The number of Topliss-reactive ketones (excluding diaryl/α,β-unsaturated/α-hetero) is 1. The number of rotatable bonds is 3. The minimum absolute atomic E-state index is 0.0137. The molecule has 1 fully saturated rings. The first kappa shape index (κ1) is 10.5. The highest BCUT2D eigenvalue weighted by Crippen LogP contribution is 2.38. The molecule has 17 heavy (non-hydrogen) atoms. The van der Waals surface area contributed by atoms with E-state index in [1.807, 2.05) is 25.1 Å². The average molecular weight is 229 g/mol. The number of anilines is 1. The third-order valence-corrected chi connectivity index (χ3v) is 3.76. The van der Waals surface area contributed by atoms with Crippen LogP contribution in [0.5, 0.6) is 0 Å². The van der Waals surface area contributed by atoms with Gasteiger partial charge in [-0.1, -0.05) is 6.92 Å². The van der Waals surface area contributed by atoms with Crippen molar-refractivity contribution in [3.05, 3.63) is 29.3 Å². The summed E-state index contributed by atoms with van der Waals surface area (Å²) in [6.45, 7) is 2.01. The molecular formula is C14H15NO2. The van der Waals surface area contributed by atoms with Crippen LogP contribution in [0.25, 0.3) is 0 Å². The number of hydrogen-bond acceptors (Lipinski definition) is 2. The van der Waals surface area contributed by atoms with Gasteiger partial charge in [-0.25, -0.2) is 0 Å². The zero-order valence-corrected chi connectivity index (χ0v) is 9.82. The summed E-state index contributed by atoms with van der Waals surface area (Å²) >= 11 is 0. The summed E-state index contributed by atoms with van der Waals surface area (Å²) in [7, 11) is 0. The van der Waals surface area contributed by atoms with Crippen molar-refractivity contribution in [2.24, 2.45) is 11.8 Å². The average Bonchev–Trinajstić information content (AvgIpc) is 3.08. The SMILES string of the molecule is CC(C(=O)c1ccc2c(c1)CC(=O)N2)C1CC1. The lowest BCUT2D eigenvalue weighted by molar-refractivity contribution is -0.115. The fourth-order valence-electron chi connectivity index (χ4n) is 2.46. The number of fused-ring (bicyclic) bond motifs is 1. The number of ketones is 1. The summed E-state index contributed by atoms with van der Waals surface area (Å²) in [4.78, 5) is 23.4. The Morgan fingerprint density at radius 3 is 2.88 bits per heavy atom. The molecule has 1 saturated carbocycles. The molecule has 1 atom stereocenters. The molecule has 1 unspecified atom stereocenters. The van der Waals surface area contributed by atoms with E-state index in [1.54, 1.807) is 0 Å². The standard InChI is InChI=1S/C14H15NO2/c1-8(9-2-3-9)14(17)10-4-5-12-11(6-10)7-13(16)15-12/h4-6,8-9H,2-3,7H2,1H3,(H,15,16). The van der Waals surface area contributed by atoms with Crippen molar-refractivity contribution in [2.75, 3.05) is 5.32 Å². The number of benzene rings is 1. The van der Waals surface area contributed by atoms with Crippen LogP contribution in [0.15, 0.2) is 18.2 Å².